The van der Waals surface area contributed by atoms with Crippen molar-refractivity contribution >= 4 is 12.0 Å². The fourth-order valence-corrected chi connectivity index (χ4v) is 2.45. The highest BCUT2D eigenvalue weighted by atomic mass is 16.4. The second kappa shape index (κ2) is 6.04. The molecular formula is C12H22N2O4. The highest BCUT2D eigenvalue weighted by Crippen LogP contribution is 2.21. The zero-order valence-electron chi connectivity index (χ0n) is 11.2. The largest absolute Gasteiger partial charge is 0.480 e. The lowest BCUT2D eigenvalue weighted by atomic mass is 10.1. The molecule has 2 amide bonds. The molecule has 1 fully saturated rings. The van der Waals surface area contributed by atoms with E-state index in [1.807, 2.05) is 13.8 Å². The van der Waals surface area contributed by atoms with E-state index in [0.717, 1.165) is 12.8 Å². The highest BCUT2D eigenvalue weighted by molar-refractivity contribution is 5.83. The average Bonchev–Trinajstić information content (AvgIpc) is 2.72. The van der Waals surface area contributed by atoms with Crippen molar-refractivity contribution in [2.24, 2.45) is 0 Å². The number of carboxylic acid groups (broad SMARTS) is 1. The summed E-state index contributed by atoms with van der Waals surface area (Å²) in [7, 11) is 1.68. The summed E-state index contributed by atoms with van der Waals surface area (Å²) in [4.78, 5) is 26.1. The molecule has 0 aromatic carbocycles. The Morgan fingerprint density at radius 3 is 2.39 bits per heavy atom. The fraction of sp³-hybridized carbons (Fsp3) is 0.833. The predicted octanol–water partition coefficient (Wildman–Crippen LogP) is 0.747. The molecule has 0 aromatic rings. The van der Waals surface area contributed by atoms with Gasteiger partial charge >= 0.3 is 12.0 Å². The van der Waals surface area contributed by atoms with Crippen molar-refractivity contribution in [3.8, 4) is 0 Å². The Morgan fingerprint density at radius 1 is 1.39 bits per heavy atom. The Labute approximate surface area is 107 Å². The SMILES string of the molecule is CCC(CC)N(C)C(=O)N1C[C@H](O)C[C@@H]1C(=O)O. The maximum atomic E-state index is 12.2. The number of β-amino-alcohol motifs (C(OH)–C–C–N with tert-alkyl or cyclic N) is 1. The number of nitrogens with zero attached hydrogens (tertiary/aromatic N) is 2. The third-order valence-corrected chi connectivity index (χ3v) is 3.60. The summed E-state index contributed by atoms with van der Waals surface area (Å²) in [6.07, 6.45) is 1.02. The van der Waals surface area contributed by atoms with Crippen molar-refractivity contribution in [3.05, 3.63) is 0 Å². The summed E-state index contributed by atoms with van der Waals surface area (Å²) in [6, 6.07) is -1.12. The first-order chi connectivity index (χ1) is 8.42. The lowest BCUT2D eigenvalue weighted by Crippen LogP contribution is -2.49. The van der Waals surface area contributed by atoms with Crippen LogP contribution in [0.2, 0.25) is 0 Å². The van der Waals surface area contributed by atoms with E-state index in [4.69, 9.17) is 5.11 Å². The van der Waals surface area contributed by atoms with Gasteiger partial charge in [0.25, 0.3) is 0 Å². The number of hydrogen-bond donors (Lipinski definition) is 2. The summed E-state index contributed by atoms with van der Waals surface area (Å²) in [5, 5.41) is 18.6. The van der Waals surface area contributed by atoms with E-state index in [-0.39, 0.29) is 25.0 Å². The summed E-state index contributed by atoms with van der Waals surface area (Å²) in [5.41, 5.74) is 0. The van der Waals surface area contributed by atoms with Gasteiger partial charge in [0, 0.05) is 26.1 Å². The number of aliphatic carboxylic acids is 1. The van der Waals surface area contributed by atoms with Gasteiger partial charge in [-0.15, -0.1) is 0 Å². The molecule has 0 saturated carbocycles. The molecule has 0 aliphatic carbocycles. The number of rotatable bonds is 4. The van der Waals surface area contributed by atoms with Gasteiger partial charge in [-0.05, 0) is 12.8 Å². The van der Waals surface area contributed by atoms with Crippen molar-refractivity contribution < 1.29 is 19.8 Å². The van der Waals surface area contributed by atoms with E-state index in [1.54, 1.807) is 11.9 Å². The Bertz CT molecular complexity index is 317. The molecule has 6 heteroatoms. The van der Waals surface area contributed by atoms with Crippen LogP contribution in [0.4, 0.5) is 4.79 Å². The van der Waals surface area contributed by atoms with Gasteiger partial charge in [0.2, 0.25) is 0 Å². The number of aliphatic hydroxyl groups is 1. The molecule has 2 N–H and O–H groups in total. The molecule has 0 unspecified atom stereocenters. The number of likely N-dealkylation sites (tertiary alicyclic amines) is 1. The van der Waals surface area contributed by atoms with Crippen molar-refractivity contribution in [2.75, 3.05) is 13.6 Å². The number of amides is 2. The molecule has 1 heterocycles. The fourth-order valence-electron chi connectivity index (χ4n) is 2.45. The van der Waals surface area contributed by atoms with E-state index in [0.29, 0.717) is 0 Å². The van der Waals surface area contributed by atoms with Crippen LogP contribution in [-0.2, 0) is 4.79 Å². The summed E-state index contributed by atoms with van der Waals surface area (Å²) >= 11 is 0. The summed E-state index contributed by atoms with van der Waals surface area (Å²) in [6.45, 7) is 4.08. The molecule has 1 aliphatic rings. The summed E-state index contributed by atoms with van der Waals surface area (Å²) < 4.78 is 0. The predicted molar refractivity (Wildman–Crippen MR) is 66.3 cm³/mol. The minimum atomic E-state index is -1.06. The topological polar surface area (TPSA) is 81.1 Å². The average molecular weight is 258 g/mol. The van der Waals surface area contributed by atoms with Crippen molar-refractivity contribution in [1.82, 2.24) is 9.80 Å². The molecule has 18 heavy (non-hydrogen) atoms. The van der Waals surface area contributed by atoms with E-state index >= 15 is 0 Å². The van der Waals surface area contributed by atoms with Gasteiger partial charge in [0.05, 0.1) is 6.10 Å². The number of urea groups is 1. The van der Waals surface area contributed by atoms with E-state index in [9.17, 15) is 14.7 Å². The van der Waals surface area contributed by atoms with Gasteiger partial charge in [0.15, 0.2) is 0 Å². The number of carboxylic acids is 1. The van der Waals surface area contributed by atoms with Gasteiger partial charge in [-0.2, -0.15) is 0 Å². The van der Waals surface area contributed by atoms with Gasteiger partial charge in [-0.1, -0.05) is 13.8 Å². The van der Waals surface area contributed by atoms with Gasteiger partial charge in [0.1, 0.15) is 6.04 Å². The molecule has 2 atom stereocenters. The molecule has 0 radical (unpaired) electrons. The standard InChI is InChI=1S/C12H22N2O4/c1-4-8(5-2)13(3)12(18)14-7-9(15)6-10(14)11(16)17/h8-10,15H,4-7H2,1-3H3,(H,16,17)/t9-,10-/m1/s1. The minimum absolute atomic E-state index is 0.0975. The Kier molecular flexibility index (Phi) is 4.95. The number of aliphatic hydroxyl groups excluding tert-OH is 1. The Balaban J connectivity index is 2.78. The first kappa shape index (κ1) is 14.8. The maximum Gasteiger partial charge on any atom is 0.326 e. The molecule has 0 bridgehead atoms. The number of carbonyl (C=O) groups excluding carboxylic acids is 1. The molecule has 1 aliphatic heterocycles. The molecule has 1 saturated heterocycles. The molecule has 6 nitrogen and oxygen atoms in total. The second-order valence-electron chi connectivity index (χ2n) is 4.76. The van der Waals surface area contributed by atoms with Crippen LogP contribution in [0.1, 0.15) is 33.1 Å². The van der Waals surface area contributed by atoms with Crippen LogP contribution in [-0.4, -0.2) is 63.8 Å². The quantitative estimate of drug-likeness (QED) is 0.779. The lowest BCUT2D eigenvalue weighted by molar-refractivity contribution is -0.141. The zero-order valence-corrected chi connectivity index (χ0v) is 11.2. The van der Waals surface area contributed by atoms with Crippen molar-refractivity contribution in [3.63, 3.8) is 0 Å². The third-order valence-electron chi connectivity index (χ3n) is 3.60. The monoisotopic (exact) mass is 258 g/mol. The number of hydrogen-bond acceptors (Lipinski definition) is 3. The molecule has 0 aromatic heterocycles. The van der Waals surface area contributed by atoms with Crippen LogP contribution in [0.3, 0.4) is 0 Å². The number of carbonyl (C=O) groups is 2. The van der Waals surface area contributed by atoms with Crippen molar-refractivity contribution in [2.45, 2.75) is 51.3 Å². The second-order valence-corrected chi connectivity index (χ2v) is 4.76. The highest BCUT2D eigenvalue weighted by Gasteiger charge is 2.40. The van der Waals surface area contributed by atoms with E-state index in [2.05, 4.69) is 0 Å². The van der Waals surface area contributed by atoms with Crippen LogP contribution in [0.15, 0.2) is 0 Å². The normalized spacial score (nSPS) is 23.5. The van der Waals surface area contributed by atoms with Gasteiger partial charge < -0.3 is 20.0 Å². The van der Waals surface area contributed by atoms with E-state index < -0.39 is 18.1 Å². The minimum Gasteiger partial charge on any atom is -0.480 e. The van der Waals surface area contributed by atoms with Crippen LogP contribution in [0, 0.1) is 0 Å². The molecule has 1 rings (SSSR count). The molecule has 104 valence electrons. The molecule has 0 spiro atoms. The Hall–Kier alpha value is -1.30. The van der Waals surface area contributed by atoms with Gasteiger partial charge in [-0.25, -0.2) is 9.59 Å². The van der Waals surface area contributed by atoms with Crippen LogP contribution in [0.25, 0.3) is 0 Å². The summed E-state index contributed by atoms with van der Waals surface area (Å²) in [5.74, 6) is -1.06. The van der Waals surface area contributed by atoms with Crippen LogP contribution in [0.5, 0.6) is 0 Å². The first-order valence-corrected chi connectivity index (χ1v) is 6.36. The smallest absolute Gasteiger partial charge is 0.326 e. The van der Waals surface area contributed by atoms with Crippen molar-refractivity contribution in [1.29, 1.82) is 0 Å². The third kappa shape index (κ3) is 2.93. The Morgan fingerprint density at radius 2 is 1.94 bits per heavy atom. The molecular weight excluding hydrogens is 236 g/mol. The lowest BCUT2D eigenvalue weighted by Gasteiger charge is -2.32. The first-order valence-electron chi connectivity index (χ1n) is 6.36. The van der Waals surface area contributed by atoms with Crippen LogP contribution >= 0.6 is 0 Å². The van der Waals surface area contributed by atoms with E-state index in [1.165, 1.54) is 4.90 Å². The zero-order chi connectivity index (χ0) is 13.9. The van der Waals surface area contributed by atoms with Crippen LogP contribution < -0.4 is 0 Å². The van der Waals surface area contributed by atoms with Gasteiger partial charge in [-0.3, -0.25) is 0 Å². The maximum absolute atomic E-state index is 12.2.